The highest BCUT2D eigenvalue weighted by atomic mass is 32.2. The Bertz CT molecular complexity index is 1080. The third-order valence-electron chi connectivity index (χ3n) is 4.74. The highest BCUT2D eigenvalue weighted by molar-refractivity contribution is 8.03. The van der Waals surface area contributed by atoms with E-state index >= 15 is 0 Å². The largest absolute Gasteiger partial charge is 0.206 e. The first-order chi connectivity index (χ1) is 14.6. The van der Waals surface area contributed by atoms with E-state index in [1.165, 1.54) is 12.1 Å². The smallest absolute Gasteiger partial charge is 0.142 e. The Labute approximate surface area is 180 Å². The van der Waals surface area contributed by atoms with E-state index in [2.05, 4.69) is 18.8 Å². The summed E-state index contributed by atoms with van der Waals surface area (Å²) in [5, 5.41) is 10.8. The van der Waals surface area contributed by atoms with E-state index < -0.39 is 11.6 Å². The molecule has 0 amide bonds. The number of benzene rings is 3. The van der Waals surface area contributed by atoms with Crippen molar-refractivity contribution in [2.75, 3.05) is 0 Å². The van der Waals surface area contributed by atoms with E-state index in [4.69, 9.17) is 5.26 Å². The van der Waals surface area contributed by atoms with Crippen LogP contribution in [0.3, 0.4) is 0 Å². The summed E-state index contributed by atoms with van der Waals surface area (Å²) in [7, 11) is 0. The van der Waals surface area contributed by atoms with E-state index in [1.54, 1.807) is 0 Å². The number of thiocyanates is 1. The molecule has 3 aromatic rings. The monoisotopic (exact) mass is 417 g/mol. The first kappa shape index (κ1) is 21.6. The molecule has 0 heterocycles. The number of aryl methyl sites for hydroxylation is 1. The van der Waals surface area contributed by atoms with Crippen LogP contribution in [-0.4, -0.2) is 0 Å². The van der Waals surface area contributed by atoms with Gasteiger partial charge in [0.25, 0.3) is 0 Å². The summed E-state index contributed by atoms with van der Waals surface area (Å²) >= 11 is 1.12. The summed E-state index contributed by atoms with van der Waals surface area (Å²) in [6, 6.07) is 18.0. The van der Waals surface area contributed by atoms with Crippen molar-refractivity contribution in [3.63, 3.8) is 0 Å². The molecule has 3 rings (SSSR count). The minimum Gasteiger partial charge on any atom is -0.206 e. The SMILES string of the molecule is CCCCCc1cc(F)c(C#Cc2ccc(-c3ccc(SC#N)cc3)cc2)c(F)c1. The second-order valence-electron chi connectivity index (χ2n) is 6.94. The van der Waals surface area contributed by atoms with E-state index in [9.17, 15) is 8.78 Å². The van der Waals surface area contributed by atoms with Crippen molar-refractivity contribution in [2.45, 2.75) is 37.5 Å². The molecule has 0 aromatic heterocycles. The zero-order valence-corrected chi connectivity index (χ0v) is 17.5. The van der Waals surface area contributed by atoms with Crippen molar-refractivity contribution in [1.82, 2.24) is 0 Å². The standard InChI is InChI=1S/C26H21F2NS/c1-2-3-4-5-20-16-25(27)24(26(28)17-20)15-8-19-6-9-21(10-7-19)22-11-13-23(14-12-22)30-18-29/h6-7,9-14,16-17H,2-5H2,1H3. The number of nitrogens with zero attached hydrogens (tertiary/aromatic N) is 1. The Morgan fingerprint density at radius 3 is 2.00 bits per heavy atom. The van der Waals surface area contributed by atoms with Gasteiger partial charge < -0.3 is 0 Å². The molecule has 4 heteroatoms. The molecule has 0 atom stereocenters. The van der Waals surface area contributed by atoms with Crippen LogP contribution in [0, 0.1) is 34.1 Å². The van der Waals surface area contributed by atoms with Gasteiger partial charge in [0, 0.05) is 10.5 Å². The van der Waals surface area contributed by atoms with Gasteiger partial charge in [-0.1, -0.05) is 55.9 Å². The molecule has 0 aliphatic heterocycles. The first-order valence-electron chi connectivity index (χ1n) is 9.87. The van der Waals surface area contributed by atoms with Gasteiger partial charge in [0.15, 0.2) is 0 Å². The first-order valence-corrected chi connectivity index (χ1v) is 10.7. The van der Waals surface area contributed by atoms with Gasteiger partial charge in [-0.2, -0.15) is 5.26 Å². The Kier molecular flexibility index (Phi) is 7.66. The number of hydrogen-bond acceptors (Lipinski definition) is 2. The number of unbranched alkanes of at least 4 members (excludes halogenated alkanes) is 2. The molecule has 0 fully saturated rings. The van der Waals surface area contributed by atoms with E-state index in [0.717, 1.165) is 47.0 Å². The number of rotatable bonds is 6. The molecule has 0 aliphatic carbocycles. The zero-order chi connectivity index (χ0) is 21.3. The van der Waals surface area contributed by atoms with Gasteiger partial charge in [0.1, 0.15) is 17.0 Å². The fourth-order valence-corrected chi connectivity index (χ4v) is 3.49. The predicted octanol–water partition coefficient (Wildman–Crippen LogP) is 7.34. The second kappa shape index (κ2) is 10.6. The van der Waals surface area contributed by atoms with Crippen molar-refractivity contribution < 1.29 is 8.78 Å². The molecule has 150 valence electrons. The quantitative estimate of drug-likeness (QED) is 0.181. The van der Waals surface area contributed by atoms with Crippen molar-refractivity contribution in [3.8, 4) is 28.4 Å². The predicted molar refractivity (Wildman–Crippen MR) is 119 cm³/mol. The van der Waals surface area contributed by atoms with Crippen molar-refractivity contribution in [1.29, 1.82) is 5.26 Å². The van der Waals surface area contributed by atoms with Crippen LogP contribution in [-0.2, 0) is 6.42 Å². The van der Waals surface area contributed by atoms with E-state index in [1.807, 2.05) is 53.9 Å². The molecule has 0 N–H and O–H groups in total. The lowest BCUT2D eigenvalue weighted by Crippen LogP contribution is -1.95. The lowest BCUT2D eigenvalue weighted by molar-refractivity contribution is 0.572. The van der Waals surface area contributed by atoms with Gasteiger partial charge in [-0.05, 0) is 77.7 Å². The van der Waals surface area contributed by atoms with Crippen molar-refractivity contribution in [2.24, 2.45) is 0 Å². The molecule has 1 nitrogen and oxygen atoms in total. The number of halogens is 2. The molecule has 3 aromatic carbocycles. The fourth-order valence-electron chi connectivity index (χ4n) is 3.12. The van der Waals surface area contributed by atoms with Crippen LogP contribution < -0.4 is 0 Å². The summed E-state index contributed by atoms with van der Waals surface area (Å²) in [5.41, 5.74) is 3.19. The zero-order valence-electron chi connectivity index (χ0n) is 16.7. The van der Waals surface area contributed by atoms with Crippen LogP contribution in [0.2, 0.25) is 0 Å². The van der Waals surface area contributed by atoms with Crippen molar-refractivity contribution in [3.05, 3.63) is 89.0 Å². The maximum atomic E-state index is 14.3. The minimum atomic E-state index is -0.610. The van der Waals surface area contributed by atoms with Crippen LogP contribution in [0.5, 0.6) is 0 Å². The topological polar surface area (TPSA) is 23.8 Å². The maximum absolute atomic E-state index is 14.3. The van der Waals surface area contributed by atoms with Crippen LogP contribution >= 0.6 is 11.8 Å². The lowest BCUT2D eigenvalue weighted by atomic mass is 10.0. The summed E-state index contributed by atoms with van der Waals surface area (Å²) in [6.07, 6.45) is 3.71. The van der Waals surface area contributed by atoms with Gasteiger partial charge in [-0.3, -0.25) is 0 Å². The summed E-state index contributed by atoms with van der Waals surface area (Å²) in [6.45, 7) is 2.10. The average molecular weight is 418 g/mol. The fraction of sp³-hybridized carbons (Fsp3) is 0.192. The minimum absolute atomic E-state index is 0.191. The molecule has 0 radical (unpaired) electrons. The van der Waals surface area contributed by atoms with Gasteiger partial charge in [-0.15, -0.1) is 0 Å². The van der Waals surface area contributed by atoms with Crippen LogP contribution in [0.1, 0.15) is 42.9 Å². The molecule has 0 aliphatic rings. The third kappa shape index (κ3) is 5.72. The van der Waals surface area contributed by atoms with Gasteiger partial charge >= 0.3 is 0 Å². The average Bonchev–Trinajstić information content (AvgIpc) is 2.75. The molecule has 0 unspecified atom stereocenters. The van der Waals surface area contributed by atoms with Gasteiger partial charge in [0.05, 0.1) is 5.56 Å². The highest BCUT2D eigenvalue weighted by Crippen LogP contribution is 2.24. The molecule has 30 heavy (non-hydrogen) atoms. The Hall–Kier alpha value is -3.08. The van der Waals surface area contributed by atoms with Crippen molar-refractivity contribution >= 4 is 11.8 Å². The molecular formula is C26H21F2NS. The van der Waals surface area contributed by atoms with Crippen LogP contribution in [0.25, 0.3) is 11.1 Å². The van der Waals surface area contributed by atoms with Gasteiger partial charge in [0.2, 0.25) is 0 Å². The number of nitriles is 1. The molecule has 0 saturated carbocycles. The Balaban J connectivity index is 1.74. The van der Waals surface area contributed by atoms with Gasteiger partial charge in [-0.25, -0.2) is 8.78 Å². The lowest BCUT2D eigenvalue weighted by Gasteiger charge is -2.04. The Morgan fingerprint density at radius 2 is 1.43 bits per heavy atom. The molecular weight excluding hydrogens is 396 g/mol. The summed E-state index contributed by atoms with van der Waals surface area (Å²) < 4.78 is 28.7. The molecule has 0 saturated heterocycles. The van der Waals surface area contributed by atoms with Crippen LogP contribution in [0.15, 0.2) is 65.6 Å². The summed E-state index contributed by atoms with van der Waals surface area (Å²) in [5.74, 6) is 4.27. The van der Waals surface area contributed by atoms with Crippen LogP contribution in [0.4, 0.5) is 8.78 Å². The highest BCUT2D eigenvalue weighted by Gasteiger charge is 2.09. The summed E-state index contributed by atoms with van der Waals surface area (Å²) in [4.78, 5) is 0.893. The third-order valence-corrected chi connectivity index (χ3v) is 5.34. The Morgan fingerprint density at radius 1 is 0.833 bits per heavy atom. The molecule has 0 bridgehead atoms. The molecule has 0 spiro atoms. The number of hydrogen-bond donors (Lipinski definition) is 0. The van der Waals surface area contributed by atoms with E-state index in [-0.39, 0.29) is 5.56 Å². The second-order valence-corrected chi connectivity index (χ2v) is 7.79. The van der Waals surface area contributed by atoms with E-state index in [0.29, 0.717) is 17.5 Å². The normalized spacial score (nSPS) is 10.2. The maximum Gasteiger partial charge on any atom is 0.142 e. The number of thioether (sulfide) groups is 1.